The van der Waals surface area contributed by atoms with Gasteiger partial charge in [-0.15, -0.1) is 0 Å². The minimum absolute atomic E-state index is 0.163. The van der Waals surface area contributed by atoms with E-state index in [-0.39, 0.29) is 5.31 Å². The van der Waals surface area contributed by atoms with E-state index in [2.05, 4.69) is 13.8 Å². The first-order valence-corrected chi connectivity index (χ1v) is 10.4. The Morgan fingerprint density at radius 2 is 1.41 bits per heavy atom. The van der Waals surface area contributed by atoms with Crippen molar-refractivity contribution in [3.63, 3.8) is 0 Å². The van der Waals surface area contributed by atoms with Gasteiger partial charge in [-0.05, 0) is 42.4 Å². The summed E-state index contributed by atoms with van der Waals surface area (Å²) in [5.74, 6) is 4.47. The predicted molar refractivity (Wildman–Crippen MR) is 97.3 cm³/mol. The summed E-state index contributed by atoms with van der Waals surface area (Å²) in [7, 11) is 7.24. The molecule has 0 N–H and O–H groups in total. The van der Waals surface area contributed by atoms with Crippen LogP contribution in [0.15, 0.2) is 0 Å². The van der Waals surface area contributed by atoms with Gasteiger partial charge in [-0.3, -0.25) is 0 Å². The number of hydrogen-bond donors (Lipinski definition) is 0. The van der Waals surface area contributed by atoms with E-state index in [0.29, 0.717) is 0 Å². The van der Waals surface area contributed by atoms with Crippen LogP contribution in [0.2, 0.25) is 5.31 Å². The van der Waals surface area contributed by atoms with Crippen molar-refractivity contribution >= 4 is 7.85 Å². The van der Waals surface area contributed by atoms with Crippen LogP contribution in [-0.2, 0) is 0 Å². The number of fused-ring (bicyclic) bond motifs is 1. The van der Waals surface area contributed by atoms with E-state index in [9.17, 15) is 0 Å². The Hall–Kier alpha value is 0.0649. The van der Waals surface area contributed by atoms with Gasteiger partial charge in [-0.25, -0.2) is 0 Å². The molecule has 0 aromatic carbocycles. The van der Waals surface area contributed by atoms with E-state index < -0.39 is 0 Å². The van der Waals surface area contributed by atoms with Crippen LogP contribution in [-0.4, -0.2) is 7.85 Å². The monoisotopic (exact) mass is 300 g/mol. The molecule has 0 aromatic rings. The molecule has 0 heterocycles. The summed E-state index contributed by atoms with van der Waals surface area (Å²) < 4.78 is 0. The van der Waals surface area contributed by atoms with Gasteiger partial charge >= 0.3 is 0 Å². The quantitative estimate of drug-likeness (QED) is 0.401. The Bertz CT molecular complexity index is 340. The summed E-state index contributed by atoms with van der Waals surface area (Å²) >= 11 is 0. The fourth-order valence-corrected chi connectivity index (χ4v) is 6.50. The lowest BCUT2D eigenvalue weighted by molar-refractivity contribution is 0.0622. The summed E-state index contributed by atoms with van der Waals surface area (Å²) in [4.78, 5) is 0. The molecule has 0 bridgehead atoms. The van der Waals surface area contributed by atoms with Crippen LogP contribution in [0.4, 0.5) is 0 Å². The number of rotatable bonds is 2. The van der Waals surface area contributed by atoms with Crippen LogP contribution in [0.1, 0.15) is 97.3 Å². The zero-order chi connectivity index (χ0) is 15.6. The van der Waals surface area contributed by atoms with Gasteiger partial charge in [0, 0.05) is 0 Å². The molecule has 3 aliphatic carbocycles. The molecular formula is C21H37B. The maximum atomic E-state index is 7.24. The van der Waals surface area contributed by atoms with Crippen molar-refractivity contribution in [2.75, 3.05) is 0 Å². The van der Waals surface area contributed by atoms with Crippen molar-refractivity contribution in [3.8, 4) is 0 Å². The van der Waals surface area contributed by atoms with Crippen LogP contribution in [0, 0.1) is 29.6 Å². The van der Waals surface area contributed by atoms with Crippen molar-refractivity contribution in [1.29, 1.82) is 0 Å². The standard InChI is InChI=1S/C21H37B/c1-16(2)18-13-9-11-17-10-5-6-12-19(17)20(18)21(22)14-7-3-4-8-15-21/h16-20H,3-15H2,1-2H3. The normalized spacial score (nSPS) is 39.8. The highest BCUT2D eigenvalue weighted by atomic mass is 14.5. The molecule has 2 radical (unpaired) electrons. The highest BCUT2D eigenvalue weighted by molar-refractivity contribution is 6.15. The van der Waals surface area contributed by atoms with Gasteiger partial charge in [0.05, 0.1) is 7.85 Å². The van der Waals surface area contributed by atoms with Crippen molar-refractivity contribution < 1.29 is 0 Å². The third-order valence-corrected chi connectivity index (χ3v) is 7.56. The molecular weight excluding hydrogens is 263 g/mol. The highest BCUT2D eigenvalue weighted by Crippen LogP contribution is 2.59. The largest absolute Gasteiger partial charge is 0.0750 e. The Morgan fingerprint density at radius 1 is 0.773 bits per heavy atom. The first-order chi connectivity index (χ1) is 10.6. The fourth-order valence-electron chi connectivity index (χ4n) is 6.50. The molecule has 3 aliphatic rings. The van der Waals surface area contributed by atoms with Crippen molar-refractivity contribution in [1.82, 2.24) is 0 Å². The summed E-state index contributed by atoms with van der Waals surface area (Å²) in [6, 6.07) is 0. The highest BCUT2D eigenvalue weighted by Gasteiger charge is 2.47. The molecule has 3 saturated carbocycles. The lowest BCUT2D eigenvalue weighted by Crippen LogP contribution is -2.40. The van der Waals surface area contributed by atoms with Gasteiger partial charge in [-0.2, -0.15) is 0 Å². The van der Waals surface area contributed by atoms with Crippen LogP contribution in [0.5, 0.6) is 0 Å². The molecule has 0 spiro atoms. The van der Waals surface area contributed by atoms with Crippen LogP contribution >= 0.6 is 0 Å². The second kappa shape index (κ2) is 7.31. The topological polar surface area (TPSA) is 0 Å². The molecule has 0 saturated heterocycles. The summed E-state index contributed by atoms with van der Waals surface area (Å²) in [5.41, 5.74) is 0. The molecule has 3 rings (SSSR count). The Labute approximate surface area is 140 Å². The fraction of sp³-hybridized carbons (Fsp3) is 1.00. The van der Waals surface area contributed by atoms with E-state index in [4.69, 9.17) is 7.85 Å². The minimum atomic E-state index is 0.163. The Kier molecular flexibility index (Phi) is 5.62. The van der Waals surface area contributed by atoms with E-state index in [1.54, 1.807) is 0 Å². The van der Waals surface area contributed by atoms with Gasteiger partial charge in [-0.1, -0.05) is 89.8 Å². The second-order valence-corrected chi connectivity index (χ2v) is 9.22. The summed E-state index contributed by atoms with van der Waals surface area (Å²) in [6.45, 7) is 4.95. The molecule has 22 heavy (non-hydrogen) atoms. The molecule has 4 unspecified atom stereocenters. The van der Waals surface area contributed by atoms with Crippen LogP contribution in [0.25, 0.3) is 0 Å². The average Bonchev–Trinajstić information content (AvgIpc) is 2.83. The van der Waals surface area contributed by atoms with Gasteiger partial charge in [0.25, 0.3) is 0 Å². The second-order valence-electron chi connectivity index (χ2n) is 9.22. The summed E-state index contributed by atoms with van der Waals surface area (Å²) in [5, 5.41) is 0.163. The van der Waals surface area contributed by atoms with E-state index >= 15 is 0 Å². The lowest BCUT2D eigenvalue weighted by Gasteiger charge is -2.50. The first-order valence-electron chi connectivity index (χ1n) is 10.4. The third-order valence-electron chi connectivity index (χ3n) is 7.56. The third kappa shape index (κ3) is 3.44. The van der Waals surface area contributed by atoms with E-state index in [0.717, 1.165) is 29.6 Å². The Balaban J connectivity index is 1.91. The Morgan fingerprint density at radius 3 is 2.09 bits per heavy atom. The van der Waals surface area contributed by atoms with Crippen molar-refractivity contribution in [2.24, 2.45) is 29.6 Å². The predicted octanol–water partition coefficient (Wildman–Crippen LogP) is 6.55. The van der Waals surface area contributed by atoms with Gasteiger partial charge in [0.1, 0.15) is 0 Å². The SMILES string of the molecule is [B]C1(C2C(C(C)C)CCCC3CCCCC32)CCCCCC1. The van der Waals surface area contributed by atoms with Crippen LogP contribution in [0.3, 0.4) is 0 Å². The van der Waals surface area contributed by atoms with Gasteiger partial charge in [0.15, 0.2) is 0 Å². The molecule has 0 amide bonds. The molecule has 3 fully saturated rings. The zero-order valence-electron chi connectivity index (χ0n) is 15.2. The van der Waals surface area contributed by atoms with Gasteiger partial charge < -0.3 is 0 Å². The first kappa shape index (κ1) is 16.9. The van der Waals surface area contributed by atoms with Crippen molar-refractivity contribution in [3.05, 3.63) is 0 Å². The number of hydrogen-bond acceptors (Lipinski definition) is 0. The maximum absolute atomic E-state index is 7.24. The van der Waals surface area contributed by atoms with E-state index in [1.807, 2.05) is 0 Å². The summed E-state index contributed by atoms with van der Waals surface area (Å²) in [6.07, 6.45) is 18.6. The minimum Gasteiger partial charge on any atom is -0.0627 e. The molecule has 0 aromatic heterocycles. The average molecular weight is 300 g/mol. The van der Waals surface area contributed by atoms with Crippen molar-refractivity contribution in [2.45, 2.75) is 103 Å². The van der Waals surface area contributed by atoms with E-state index in [1.165, 1.54) is 83.5 Å². The molecule has 124 valence electrons. The van der Waals surface area contributed by atoms with Gasteiger partial charge in [0.2, 0.25) is 0 Å². The lowest BCUT2D eigenvalue weighted by atomic mass is 9.47. The molecule has 4 atom stereocenters. The molecule has 0 aliphatic heterocycles. The molecule has 1 heteroatoms. The maximum Gasteiger partial charge on any atom is 0.0750 e. The smallest absolute Gasteiger partial charge is 0.0627 e. The zero-order valence-corrected chi connectivity index (χ0v) is 15.2. The molecule has 0 nitrogen and oxygen atoms in total. The van der Waals surface area contributed by atoms with Crippen LogP contribution < -0.4 is 0 Å².